The first-order chi connectivity index (χ1) is 14.4. The average molecular weight is 426 g/mol. The van der Waals surface area contributed by atoms with E-state index in [0.717, 1.165) is 11.1 Å². The fraction of sp³-hybridized carbons (Fsp3) is 0.238. The number of furan rings is 1. The lowest BCUT2D eigenvalue weighted by Gasteiger charge is -2.19. The Morgan fingerprint density at radius 1 is 1.23 bits per heavy atom. The molecule has 3 aromatic heterocycles. The van der Waals surface area contributed by atoms with Crippen LogP contribution >= 0.6 is 0 Å². The predicted octanol–water partition coefficient (Wildman–Crippen LogP) is 3.77. The maximum absolute atomic E-state index is 13.6. The standard InChI is InChI=1S/C21H19FN4O3S/c1-14-11-17(4-5-18(14)22)30(27,28)25-9-6-16(12-25)26-20(15-7-10-29-13-15)24-19-3-2-8-23-21(19)26/h2-5,7-8,10-11,13,16H,6,9,12H2,1H3. The maximum Gasteiger partial charge on any atom is 0.243 e. The zero-order valence-electron chi connectivity index (χ0n) is 16.2. The molecule has 154 valence electrons. The topological polar surface area (TPSA) is 81.2 Å². The van der Waals surface area contributed by atoms with Crippen LogP contribution in [-0.2, 0) is 10.0 Å². The number of nitrogens with zero attached hydrogens (tertiary/aromatic N) is 4. The van der Waals surface area contributed by atoms with Crippen LogP contribution in [0.25, 0.3) is 22.6 Å². The number of rotatable bonds is 4. The van der Waals surface area contributed by atoms with Crippen LogP contribution in [0.5, 0.6) is 0 Å². The van der Waals surface area contributed by atoms with Crippen molar-refractivity contribution < 1.29 is 17.2 Å². The average Bonchev–Trinajstić information content (AvgIpc) is 3.48. The van der Waals surface area contributed by atoms with Gasteiger partial charge in [0.2, 0.25) is 10.0 Å². The van der Waals surface area contributed by atoms with Gasteiger partial charge in [0.15, 0.2) is 5.65 Å². The number of imidazole rings is 1. The molecule has 0 saturated carbocycles. The van der Waals surface area contributed by atoms with E-state index in [-0.39, 0.29) is 17.5 Å². The van der Waals surface area contributed by atoms with Gasteiger partial charge in [-0.15, -0.1) is 0 Å². The fourth-order valence-electron chi connectivity index (χ4n) is 3.94. The van der Waals surface area contributed by atoms with Crippen LogP contribution in [0.4, 0.5) is 4.39 Å². The van der Waals surface area contributed by atoms with Gasteiger partial charge in [0, 0.05) is 19.3 Å². The summed E-state index contributed by atoms with van der Waals surface area (Å²) in [5.74, 6) is 0.272. The van der Waals surface area contributed by atoms with E-state index in [4.69, 9.17) is 9.40 Å². The third kappa shape index (κ3) is 3.01. The Morgan fingerprint density at radius 3 is 2.87 bits per heavy atom. The van der Waals surface area contributed by atoms with Gasteiger partial charge in [-0.05, 0) is 55.3 Å². The van der Waals surface area contributed by atoms with Gasteiger partial charge in [-0.2, -0.15) is 4.31 Å². The quantitative estimate of drug-likeness (QED) is 0.496. The minimum atomic E-state index is -3.73. The Labute approximate surface area is 172 Å². The number of sulfonamides is 1. The number of pyridine rings is 1. The third-order valence-electron chi connectivity index (χ3n) is 5.49. The summed E-state index contributed by atoms with van der Waals surface area (Å²) in [7, 11) is -3.73. The molecule has 30 heavy (non-hydrogen) atoms. The molecule has 0 N–H and O–H groups in total. The minimum Gasteiger partial charge on any atom is -0.472 e. The molecular weight excluding hydrogens is 407 g/mol. The molecule has 7 nitrogen and oxygen atoms in total. The first-order valence-electron chi connectivity index (χ1n) is 9.57. The van der Waals surface area contributed by atoms with Gasteiger partial charge < -0.3 is 8.98 Å². The molecule has 4 heterocycles. The van der Waals surface area contributed by atoms with E-state index in [1.54, 1.807) is 25.6 Å². The zero-order valence-corrected chi connectivity index (χ0v) is 17.0. The molecule has 1 atom stereocenters. The molecule has 1 saturated heterocycles. The molecule has 0 spiro atoms. The van der Waals surface area contributed by atoms with Gasteiger partial charge >= 0.3 is 0 Å². The summed E-state index contributed by atoms with van der Waals surface area (Å²) in [6.45, 7) is 2.20. The summed E-state index contributed by atoms with van der Waals surface area (Å²) < 4.78 is 48.5. The summed E-state index contributed by atoms with van der Waals surface area (Å²) in [6, 6.07) is 9.28. The molecule has 4 aromatic rings. The van der Waals surface area contributed by atoms with Crippen LogP contribution in [0, 0.1) is 12.7 Å². The lowest BCUT2D eigenvalue weighted by molar-refractivity contribution is 0.455. The van der Waals surface area contributed by atoms with Gasteiger partial charge in [0.05, 0.1) is 22.8 Å². The van der Waals surface area contributed by atoms with E-state index in [0.29, 0.717) is 30.0 Å². The highest BCUT2D eigenvalue weighted by Gasteiger charge is 2.35. The highest BCUT2D eigenvalue weighted by molar-refractivity contribution is 7.89. The van der Waals surface area contributed by atoms with Crippen LogP contribution in [-0.4, -0.2) is 40.3 Å². The van der Waals surface area contributed by atoms with Crippen LogP contribution in [0.3, 0.4) is 0 Å². The Bertz CT molecular complexity index is 1330. The normalized spacial score (nSPS) is 17.7. The number of halogens is 1. The van der Waals surface area contributed by atoms with Crippen molar-refractivity contribution in [3.63, 3.8) is 0 Å². The molecule has 0 aliphatic carbocycles. The monoisotopic (exact) mass is 426 g/mol. The summed E-state index contributed by atoms with van der Waals surface area (Å²) >= 11 is 0. The third-order valence-corrected chi connectivity index (χ3v) is 7.35. The van der Waals surface area contributed by atoms with Crippen molar-refractivity contribution >= 4 is 21.2 Å². The van der Waals surface area contributed by atoms with E-state index < -0.39 is 15.8 Å². The van der Waals surface area contributed by atoms with Crippen LogP contribution in [0.1, 0.15) is 18.0 Å². The molecule has 1 aliphatic heterocycles. The Morgan fingerprint density at radius 2 is 2.10 bits per heavy atom. The SMILES string of the molecule is Cc1cc(S(=O)(=O)N2CCC(n3c(-c4ccoc4)nc4cccnc43)C2)ccc1F. The lowest BCUT2D eigenvalue weighted by atomic mass is 10.2. The molecule has 5 rings (SSSR count). The van der Waals surface area contributed by atoms with Crippen molar-refractivity contribution in [2.24, 2.45) is 0 Å². The first-order valence-corrected chi connectivity index (χ1v) is 11.0. The van der Waals surface area contributed by atoms with E-state index in [9.17, 15) is 12.8 Å². The molecule has 1 fully saturated rings. The van der Waals surface area contributed by atoms with Gasteiger partial charge in [-0.25, -0.2) is 22.8 Å². The largest absolute Gasteiger partial charge is 0.472 e. The molecule has 0 amide bonds. The summed E-state index contributed by atoms with van der Waals surface area (Å²) in [4.78, 5) is 9.28. The smallest absolute Gasteiger partial charge is 0.243 e. The van der Waals surface area contributed by atoms with Crippen molar-refractivity contribution in [2.75, 3.05) is 13.1 Å². The predicted molar refractivity (Wildman–Crippen MR) is 109 cm³/mol. The van der Waals surface area contributed by atoms with E-state index in [1.807, 2.05) is 22.8 Å². The second-order valence-corrected chi connectivity index (χ2v) is 9.32. The molecule has 1 unspecified atom stereocenters. The summed E-state index contributed by atoms with van der Waals surface area (Å²) in [5.41, 5.74) is 2.56. The van der Waals surface area contributed by atoms with Crippen LogP contribution < -0.4 is 0 Å². The first kappa shape index (κ1) is 19.0. The van der Waals surface area contributed by atoms with Crippen molar-refractivity contribution in [1.82, 2.24) is 18.8 Å². The lowest BCUT2D eigenvalue weighted by Crippen LogP contribution is -2.29. The molecule has 9 heteroatoms. The van der Waals surface area contributed by atoms with Gasteiger partial charge in [-0.1, -0.05) is 0 Å². The summed E-state index contributed by atoms with van der Waals surface area (Å²) in [5, 5.41) is 0. The Hall–Kier alpha value is -3.04. The van der Waals surface area contributed by atoms with E-state index >= 15 is 0 Å². The Balaban J connectivity index is 1.53. The highest BCUT2D eigenvalue weighted by Crippen LogP contribution is 2.34. The van der Waals surface area contributed by atoms with E-state index in [1.165, 1.54) is 22.5 Å². The van der Waals surface area contributed by atoms with Crippen LogP contribution in [0.15, 0.2) is 64.4 Å². The van der Waals surface area contributed by atoms with Gasteiger partial charge in [0.25, 0.3) is 0 Å². The van der Waals surface area contributed by atoms with E-state index in [2.05, 4.69) is 4.98 Å². The van der Waals surface area contributed by atoms with Gasteiger partial charge in [-0.3, -0.25) is 0 Å². The molecular formula is C21H19FN4O3S. The molecule has 0 bridgehead atoms. The van der Waals surface area contributed by atoms with Gasteiger partial charge in [0.1, 0.15) is 23.4 Å². The maximum atomic E-state index is 13.6. The molecule has 0 radical (unpaired) electrons. The number of aromatic nitrogens is 3. The van der Waals surface area contributed by atoms with Crippen molar-refractivity contribution in [3.8, 4) is 11.4 Å². The highest BCUT2D eigenvalue weighted by atomic mass is 32.2. The number of aryl methyl sites for hydroxylation is 1. The minimum absolute atomic E-state index is 0.103. The second-order valence-electron chi connectivity index (χ2n) is 7.38. The number of benzene rings is 1. The molecule has 1 aliphatic rings. The number of hydrogen-bond donors (Lipinski definition) is 0. The van der Waals surface area contributed by atoms with Crippen molar-refractivity contribution in [1.29, 1.82) is 0 Å². The number of fused-ring (bicyclic) bond motifs is 1. The zero-order chi connectivity index (χ0) is 20.9. The fourth-order valence-corrected chi connectivity index (χ4v) is 5.52. The second kappa shape index (κ2) is 7.03. The van der Waals surface area contributed by atoms with Crippen molar-refractivity contribution in [2.45, 2.75) is 24.3 Å². The Kier molecular flexibility index (Phi) is 4.44. The summed E-state index contributed by atoms with van der Waals surface area (Å²) in [6.07, 6.45) is 5.51. The number of hydrogen-bond acceptors (Lipinski definition) is 5. The van der Waals surface area contributed by atoms with Crippen LogP contribution in [0.2, 0.25) is 0 Å². The molecule has 1 aromatic carbocycles. The van der Waals surface area contributed by atoms with Crippen molar-refractivity contribution in [3.05, 3.63) is 66.5 Å².